The van der Waals surface area contributed by atoms with E-state index in [1.165, 1.54) is 20.8 Å². The zero-order chi connectivity index (χ0) is 30.6. The van der Waals surface area contributed by atoms with Crippen LogP contribution >= 0.6 is 0 Å². The molecule has 0 aliphatic carbocycles. The molecule has 7 N–H and O–H groups in total. The van der Waals surface area contributed by atoms with Gasteiger partial charge in [-0.2, -0.15) is 0 Å². The summed E-state index contributed by atoms with van der Waals surface area (Å²) in [6.07, 6.45) is -1.13. The molecule has 0 bridgehead atoms. The minimum atomic E-state index is -1.40. The molecule has 1 unspecified atom stereocenters. The van der Waals surface area contributed by atoms with Gasteiger partial charge in [-0.25, -0.2) is 0 Å². The van der Waals surface area contributed by atoms with Crippen molar-refractivity contribution in [3.05, 3.63) is 0 Å². The number of aliphatic hydroxyl groups excluding tert-OH is 2. The second-order valence-electron chi connectivity index (χ2n) is 10.9. The van der Waals surface area contributed by atoms with Crippen molar-refractivity contribution in [3.8, 4) is 0 Å². The third-order valence-corrected chi connectivity index (χ3v) is 5.93. The predicted octanol–water partition coefficient (Wildman–Crippen LogP) is -1.25. The van der Waals surface area contributed by atoms with Crippen molar-refractivity contribution in [1.29, 1.82) is 0 Å². The van der Waals surface area contributed by atoms with E-state index in [0.29, 0.717) is 0 Å². The van der Waals surface area contributed by atoms with Gasteiger partial charge >= 0.3 is 0 Å². The molecule has 6 atom stereocenters. The lowest BCUT2D eigenvalue weighted by atomic mass is 9.98. The van der Waals surface area contributed by atoms with E-state index >= 15 is 0 Å². The van der Waals surface area contributed by atoms with Gasteiger partial charge in [0.1, 0.15) is 24.2 Å². The highest BCUT2D eigenvalue weighted by Gasteiger charge is 2.34. The van der Waals surface area contributed by atoms with E-state index in [1.54, 1.807) is 27.7 Å². The van der Waals surface area contributed by atoms with Crippen LogP contribution in [0.2, 0.25) is 0 Å². The Bertz CT molecular complexity index is 874. The summed E-state index contributed by atoms with van der Waals surface area (Å²) in [4.78, 5) is 75.1. The molecule has 0 aromatic rings. The lowest BCUT2D eigenvalue weighted by Crippen LogP contribution is -2.61. The van der Waals surface area contributed by atoms with Gasteiger partial charge < -0.3 is 36.8 Å². The fourth-order valence-corrected chi connectivity index (χ4v) is 3.83. The highest BCUT2D eigenvalue weighted by Crippen LogP contribution is 2.10. The average Bonchev–Trinajstić information content (AvgIpc) is 2.80. The average molecular weight is 558 g/mol. The maximum atomic E-state index is 13.2. The van der Waals surface area contributed by atoms with Crippen LogP contribution < -0.4 is 26.6 Å². The molecule has 0 aromatic heterocycles. The highest BCUT2D eigenvalue weighted by atomic mass is 16.3. The number of nitrogens with one attached hydrogen (secondary N) is 5. The Morgan fingerprint density at radius 2 is 1.03 bits per heavy atom. The van der Waals surface area contributed by atoms with E-state index in [0.717, 1.165) is 0 Å². The molecular weight excluding hydrogens is 510 g/mol. The highest BCUT2D eigenvalue weighted by molar-refractivity contribution is 5.96. The van der Waals surface area contributed by atoms with Crippen molar-refractivity contribution in [2.24, 2.45) is 17.8 Å². The van der Waals surface area contributed by atoms with Gasteiger partial charge in [-0.1, -0.05) is 41.5 Å². The van der Waals surface area contributed by atoms with E-state index in [-0.39, 0.29) is 24.0 Å². The van der Waals surface area contributed by atoms with Gasteiger partial charge in [0.05, 0.1) is 18.8 Å². The number of hydrogen-bond acceptors (Lipinski definition) is 8. The maximum Gasteiger partial charge on any atom is 0.245 e. The number of amides is 5. The van der Waals surface area contributed by atoms with Crippen LogP contribution in [0.5, 0.6) is 0 Å². The Hall–Kier alpha value is -3.06. The molecule has 0 rings (SSSR count). The largest absolute Gasteiger partial charge is 0.394 e. The molecule has 13 nitrogen and oxygen atoms in total. The summed E-state index contributed by atoms with van der Waals surface area (Å²) in [5.74, 6) is -4.47. The molecule has 0 aliphatic rings. The summed E-state index contributed by atoms with van der Waals surface area (Å²) in [5.41, 5.74) is 0. The Balaban J connectivity index is 5.79. The third kappa shape index (κ3) is 12.6. The second-order valence-corrected chi connectivity index (χ2v) is 10.9. The molecule has 224 valence electrons. The second kappa shape index (κ2) is 16.8. The van der Waals surface area contributed by atoms with Crippen molar-refractivity contribution in [1.82, 2.24) is 26.6 Å². The van der Waals surface area contributed by atoms with Crippen LogP contribution in [-0.4, -0.2) is 88.5 Å². The lowest BCUT2D eigenvalue weighted by Gasteiger charge is -2.29. The predicted molar refractivity (Wildman–Crippen MR) is 144 cm³/mol. The summed E-state index contributed by atoms with van der Waals surface area (Å²) in [7, 11) is 0. The number of hydrogen-bond donors (Lipinski definition) is 7. The van der Waals surface area contributed by atoms with E-state index in [2.05, 4.69) is 26.6 Å². The molecule has 0 fully saturated rings. The summed E-state index contributed by atoms with van der Waals surface area (Å²) < 4.78 is 0. The molecular formula is C26H47N5O8. The topological polar surface area (TPSA) is 203 Å². The molecule has 0 aromatic carbocycles. The summed E-state index contributed by atoms with van der Waals surface area (Å²) in [6, 6.07) is -5.70. The van der Waals surface area contributed by atoms with E-state index in [4.69, 9.17) is 0 Å². The quantitative estimate of drug-likeness (QED) is 0.122. The Morgan fingerprint density at radius 1 is 0.590 bits per heavy atom. The van der Waals surface area contributed by atoms with Crippen LogP contribution in [0.3, 0.4) is 0 Å². The van der Waals surface area contributed by atoms with Crippen LogP contribution in [0.4, 0.5) is 0 Å². The molecule has 0 spiro atoms. The molecule has 39 heavy (non-hydrogen) atoms. The number of aliphatic hydroxyl groups is 2. The van der Waals surface area contributed by atoms with Crippen LogP contribution in [0, 0.1) is 17.8 Å². The normalized spacial score (nSPS) is 15.9. The van der Waals surface area contributed by atoms with Crippen LogP contribution in [0.25, 0.3) is 0 Å². The van der Waals surface area contributed by atoms with Crippen molar-refractivity contribution < 1.29 is 39.0 Å². The molecule has 0 heterocycles. The monoisotopic (exact) mass is 557 g/mol. The van der Waals surface area contributed by atoms with Crippen LogP contribution in [0.15, 0.2) is 0 Å². The first-order valence-electron chi connectivity index (χ1n) is 13.2. The molecule has 0 radical (unpaired) electrons. The fourth-order valence-electron chi connectivity index (χ4n) is 3.83. The van der Waals surface area contributed by atoms with Crippen molar-refractivity contribution in [2.75, 3.05) is 6.61 Å². The smallest absolute Gasteiger partial charge is 0.245 e. The number of ketones is 1. The Labute approximate surface area is 230 Å². The molecule has 0 saturated heterocycles. The first kappa shape index (κ1) is 35.9. The van der Waals surface area contributed by atoms with Gasteiger partial charge in [-0.3, -0.25) is 28.8 Å². The van der Waals surface area contributed by atoms with Gasteiger partial charge in [-0.05, 0) is 38.0 Å². The van der Waals surface area contributed by atoms with E-state index in [9.17, 15) is 39.0 Å². The fraction of sp³-hybridized carbons (Fsp3) is 0.769. The third-order valence-electron chi connectivity index (χ3n) is 5.93. The van der Waals surface area contributed by atoms with Crippen molar-refractivity contribution in [3.63, 3.8) is 0 Å². The standard InChI is InChI=1S/C26H47N5O8/c1-12(2)10-18(23(36)31-22(16(8)34)26(39)29-20(13(3)4)15(7)33)28-25(38)21(14(5)6)30-24(37)19(11-32)27-17(9)35/h12-14,16,18-22,32,34H,10-11H2,1-9H3,(H,27,35)(H,28,38)(H,29,39)(H,30,37)(H,31,36)/t16?,18-,19-,20-,21+,22+/m1/s1. The van der Waals surface area contributed by atoms with Gasteiger partial charge in [0.25, 0.3) is 0 Å². The van der Waals surface area contributed by atoms with Gasteiger partial charge in [0.15, 0.2) is 5.78 Å². The number of carbonyl (C=O) groups is 6. The molecule has 0 aliphatic heterocycles. The zero-order valence-electron chi connectivity index (χ0n) is 24.5. The maximum absolute atomic E-state index is 13.2. The van der Waals surface area contributed by atoms with Crippen molar-refractivity contribution in [2.45, 2.75) is 105 Å². The molecule has 13 heteroatoms. The van der Waals surface area contributed by atoms with Crippen LogP contribution in [-0.2, 0) is 28.8 Å². The first-order valence-corrected chi connectivity index (χ1v) is 13.2. The van der Waals surface area contributed by atoms with E-state index in [1.807, 2.05) is 13.8 Å². The Morgan fingerprint density at radius 3 is 1.41 bits per heavy atom. The summed E-state index contributed by atoms with van der Waals surface area (Å²) in [6.45, 7) is 13.6. The summed E-state index contributed by atoms with van der Waals surface area (Å²) >= 11 is 0. The number of rotatable bonds is 16. The van der Waals surface area contributed by atoms with Gasteiger partial charge in [0, 0.05) is 6.92 Å². The number of Topliss-reactive ketones (excluding diaryl/α,β-unsaturated/α-hetero) is 1. The minimum Gasteiger partial charge on any atom is -0.394 e. The van der Waals surface area contributed by atoms with Crippen molar-refractivity contribution >= 4 is 35.3 Å². The van der Waals surface area contributed by atoms with Gasteiger partial charge in [-0.15, -0.1) is 0 Å². The SMILES string of the molecule is CC(=O)N[C@H](CO)C(=O)N[C@H](C(=O)N[C@H](CC(C)C)C(=O)N[C@H](C(=O)N[C@@H](C(C)=O)C(C)C)C(C)O)C(C)C. The zero-order valence-corrected chi connectivity index (χ0v) is 24.5. The number of carbonyl (C=O) groups excluding carboxylic acids is 6. The molecule has 5 amide bonds. The van der Waals surface area contributed by atoms with Crippen LogP contribution in [0.1, 0.15) is 68.7 Å². The first-order chi connectivity index (χ1) is 17.9. The Kier molecular flexibility index (Phi) is 15.5. The summed E-state index contributed by atoms with van der Waals surface area (Å²) in [5, 5.41) is 32.1. The van der Waals surface area contributed by atoms with E-state index < -0.39 is 78.4 Å². The van der Waals surface area contributed by atoms with Gasteiger partial charge in [0.2, 0.25) is 29.5 Å². The lowest BCUT2D eigenvalue weighted by molar-refractivity contribution is -0.137. The minimum absolute atomic E-state index is 0.0615. The molecule has 0 saturated carbocycles.